The van der Waals surface area contributed by atoms with E-state index in [1.807, 2.05) is 0 Å². The van der Waals surface area contributed by atoms with Crippen LogP contribution in [0.2, 0.25) is 5.02 Å². The zero-order valence-corrected chi connectivity index (χ0v) is 14.0. The number of pyridine rings is 1. The molecule has 0 saturated carbocycles. The third-order valence-electron chi connectivity index (χ3n) is 3.55. The number of hydrogen-bond donors (Lipinski definition) is 0. The minimum Gasteiger partial charge on any atom is -0.462 e. The Morgan fingerprint density at radius 1 is 1.38 bits per heavy atom. The molecule has 0 aliphatic heterocycles. The third-order valence-corrected chi connectivity index (χ3v) is 3.76. The highest BCUT2D eigenvalue weighted by molar-refractivity contribution is 6.31. The van der Waals surface area contributed by atoms with Crippen molar-refractivity contribution in [3.8, 4) is 0 Å². The molecule has 0 spiro atoms. The molecule has 0 radical (unpaired) electrons. The quantitative estimate of drug-likeness (QED) is 0.674. The van der Waals surface area contributed by atoms with Crippen molar-refractivity contribution in [3.05, 3.63) is 58.3 Å². The Hall–Kier alpha value is -2.47. The van der Waals surface area contributed by atoms with Crippen molar-refractivity contribution in [2.45, 2.75) is 20.4 Å². The molecule has 7 heteroatoms. The number of benzene rings is 1. The van der Waals surface area contributed by atoms with Crippen molar-refractivity contribution >= 4 is 28.5 Å². The largest absolute Gasteiger partial charge is 0.462 e. The highest BCUT2D eigenvalue weighted by Crippen LogP contribution is 2.22. The molecule has 1 aromatic carbocycles. The lowest BCUT2D eigenvalue weighted by molar-refractivity contribution is 0.0525. The Bertz CT molecular complexity index is 924. The Morgan fingerprint density at radius 3 is 2.92 bits per heavy atom. The Balaban J connectivity index is 1.92. The lowest BCUT2D eigenvalue weighted by Crippen LogP contribution is -2.05. The first-order chi connectivity index (χ1) is 11.5. The summed E-state index contributed by atoms with van der Waals surface area (Å²) in [7, 11) is 0. The Kier molecular flexibility index (Phi) is 4.49. The normalized spacial score (nSPS) is 11.0. The first-order valence-electron chi connectivity index (χ1n) is 7.42. The zero-order valence-electron chi connectivity index (χ0n) is 13.2. The molecule has 0 N–H and O–H groups in total. The van der Waals surface area contributed by atoms with Gasteiger partial charge < -0.3 is 4.74 Å². The number of aryl methyl sites for hydroxylation is 1. The van der Waals surface area contributed by atoms with Crippen LogP contribution in [0.3, 0.4) is 0 Å². The first-order valence-corrected chi connectivity index (χ1v) is 7.80. The summed E-state index contributed by atoms with van der Waals surface area (Å²) in [5, 5.41) is 5.35. The molecule has 24 heavy (non-hydrogen) atoms. The van der Waals surface area contributed by atoms with Gasteiger partial charge >= 0.3 is 5.97 Å². The van der Waals surface area contributed by atoms with Gasteiger partial charge in [-0.3, -0.25) is 9.67 Å². The van der Waals surface area contributed by atoms with Crippen LogP contribution >= 0.6 is 11.6 Å². The van der Waals surface area contributed by atoms with Crippen molar-refractivity contribution in [2.24, 2.45) is 0 Å². The van der Waals surface area contributed by atoms with E-state index in [1.54, 1.807) is 36.9 Å². The predicted molar refractivity (Wildman–Crippen MR) is 88.7 cm³/mol. The van der Waals surface area contributed by atoms with Gasteiger partial charge in [0, 0.05) is 17.8 Å². The van der Waals surface area contributed by atoms with E-state index in [1.165, 1.54) is 12.3 Å². The maximum Gasteiger partial charge on any atom is 0.341 e. The van der Waals surface area contributed by atoms with E-state index in [9.17, 15) is 9.18 Å². The van der Waals surface area contributed by atoms with Crippen molar-refractivity contribution in [3.63, 3.8) is 0 Å². The van der Waals surface area contributed by atoms with E-state index >= 15 is 0 Å². The summed E-state index contributed by atoms with van der Waals surface area (Å²) in [5.74, 6) is -0.837. The topological polar surface area (TPSA) is 57.0 Å². The molecule has 2 aromatic heterocycles. The summed E-state index contributed by atoms with van der Waals surface area (Å²) >= 11 is 5.92. The molecule has 0 atom stereocenters. The highest BCUT2D eigenvalue weighted by atomic mass is 35.5. The van der Waals surface area contributed by atoms with Crippen LogP contribution in [0.1, 0.15) is 28.5 Å². The summed E-state index contributed by atoms with van der Waals surface area (Å²) in [5.41, 5.74) is 1.94. The molecule has 0 fully saturated rings. The fraction of sp³-hybridized carbons (Fsp3) is 0.235. The SMILES string of the molecule is CCOC(=O)c1cn(Cc2cc(F)c3ncc(Cl)cc3c2)nc1C. The Morgan fingerprint density at radius 2 is 2.17 bits per heavy atom. The van der Waals surface area contributed by atoms with Crippen LogP contribution in [-0.2, 0) is 11.3 Å². The standard InChI is InChI=1S/C17H15ClFN3O2/c1-3-24-17(23)14-9-22(21-10(14)2)8-11-4-12-6-13(18)7-20-16(12)15(19)5-11/h4-7,9H,3,8H2,1-2H3. The van der Waals surface area contributed by atoms with E-state index in [-0.39, 0.29) is 5.52 Å². The highest BCUT2D eigenvalue weighted by Gasteiger charge is 2.15. The lowest BCUT2D eigenvalue weighted by atomic mass is 10.1. The van der Waals surface area contributed by atoms with Crippen LogP contribution in [0.4, 0.5) is 4.39 Å². The average molecular weight is 348 g/mol. The maximum absolute atomic E-state index is 14.2. The number of nitrogens with zero attached hydrogens (tertiary/aromatic N) is 3. The zero-order chi connectivity index (χ0) is 17.3. The van der Waals surface area contributed by atoms with Gasteiger partial charge in [-0.2, -0.15) is 5.10 Å². The van der Waals surface area contributed by atoms with Crippen LogP contribution in [0.5, 0.6) is 0 Å². The molecular weight excluding hydrogens is 333 g/mol. The van der Waals surface area contributed by atoms with Crippen molar-refractivity contribution in [1.29, 1.82) is 0 Å². The molecular formula is C17H15ClFN3O2. The fourth-order valence-electron chi connectivity index (χ4n) is 2.52. The van der Waals surface area contributed by atoms with Crippen molar-refractivity contribution in [1.82, 2.24) is 14.8 Å². The molecule has 5 nitrogen and oxygen atoms in total. The van der Waals surface area contributed by atoms with Gasteiger partial charge in [-0.05, 0) is 37.6 Å². The number of carbonyl (C=O) groups is 1. The first kappa shape index (κ1) is 16.4. The number of halogens is 2. The minimum atomic E-state index is -0.423. The van der Waals surface area contributed by atoms with Crippen LogP contribution in [0, 0.1) is 12.7 Å². The van der Waals surface area contributed by atoms with Crippen LogP contribution in [-0.4, -0.2) is 27.3 Å². The number of esters is 1. The molecule has 0 saturated heterocycles. The molecule has 2 heterocycles. The average Bonchev–Trinajstić information content (AvgIpc) is 2.87. The summed E-state index contributed by atoms with van der Waals surface area (Å²) in [6, 6.07) is 4.87. The van der Waals surface area contributed by atoms with Crippen LogP contribution < -0.4 is 0 Å². The molecule has 0 bridgehead atoms. The minimum absolute atomic E-state index is 0.270. The second kappa shape index (κ2) is 6.57. The third kappa shape index (κ3) is 3.23. The Labute approximate surface area is 143 Å². The van der Waals surface area contributed by atoms with Gasteiger partial charge in [-0.15, -0.1) is 0 Å². The maximum atomic E-state index is 14.2. The number of hydrogen-bond acceptors (Lipinski definition) is 4. The monoisotopic (exact) mass is 347 g/mol. The van der Waals surface area contributed by atoms with Crippen LogP contribution in [0.25, 0.3) is 10.9 Å². The van der Waals surface area contributed by atoms with Gasteiger partial charge in [0.2, 0.25) is 0 Å². The second-order valence-corrected chi connectivity index (χ2v) is 5.79. The molecule has 0 amide bonds. The van der Waals surface area contributed by atoms with Gasteiger partial charge in [-0.1, -0.05) is 11.6 Å². The smallest absolute Gasteiger partial charge is 0.341 e. The summed E-state index contributed by atoms with van der Waals surface area (Å²) in [6.45, 7) is 4.09. The van der Waals surface area contributed by atoms with Crippen molar-refractivity contribution in [2.75, 3.05) is 6.61 Å². The molecule has 0 aliphatic carbocycles. The second-order valence-electron chi connectivity index (χ2n) is 5.35. The number of fused-ring (bicyclic) bond motifs is 1. The molecule has 3 aromatic rings. The number of rotatable bonds is 4. The number of ether oxygens (including phenoxy) is 1. The molecule has 0 unspecified atom stereocenters. The lowest BCUT2D eigenvalue weighted by Gasteiger charge is -2.06. The van der Waals surface area contributed by atoms with E-state index in [0.29, 0.717) is 40.4 Å². The van der Waals surface area contributed by atoms with E-state index < -0.39 is 11.8 Å². The summed E-state index contributed by atoms with van der Waals surface area (Å²) in [4.78, 5) is 15.8. The van der Waals surface area contributed by atoms with Gasteiger partial charge in [-0.25, -0.2) is 9.18 Å². The van der Waals surface area contributed by atoms with Gasteiger partial charge in [0.25, 0.3) is 0 Å². The van der Waals surface area contributed by atoms with E-state index in [2.05, 4.69) is 10.1 Å². The van der Waals surface area contributed by atoms with Gasteiger partial charge in [0.15, 0.2) is 0 Å². The van der Waals surface area contributed by atoms with E-state index in [4.69, 9.17) is 16.3 Å². The number of carbonyl (C=O) groups excluding carboxylic acids is 1. The molecule has 3 rings (SSSR count). The van der Waals surface area contributed by atoms with Gasteiger partial charge in [0.1, 0.15) is 16.9 Å². The van der Waals surface area contributed by atoms with E-state index in [0.717, 1.165) is 0 Å². The fourth-order valence-corrected chi connectivity index (χ4v) is 2.69. The van der Waals surface area contributed by atoms with Crippen molar-refractivity contribution < 1.29 is 13.9 Å². The molecule has 0 aliphatic rings. The summed E-state index contributed by atoms with van der Waals surface area (Å²) in [6.07, 6.45) is 3.01. The van der Waals surface area contributed by atoms with Crippen LogP contribution in [0.15, 0.2) is 30.6 Å². The number of aromatic nitrogens is 3. The summed E-state index contributed by atoms with van der Waals surface area (Å²) < 4.78 is 20.8. The molecule has 124 valence electrons. The van der Waals surface area contributed by atoms with Gasteiger partial charge in [0.05, 0.1) is 23.9 Å². The predicted octanol–water partition coefficient (Wildman–Crippen LogP) is 3.76.